The van der Waals surface area contributed by atoms with Gasteiger partial charge < -0.3 is 15.2 Å². The van der Waals surface area contributed by atoms with E-state index < -0.39 is 6.09 Å². The van der Waals surface area contributed by atoms with E-state index in [1.54, 1.807) is 0 Å². The molecule has 4 heteroatoms. The molecule has 100 valence electrons. The van der Waals surface area contributed by atoms with Crippen molar-refractivity contribution in [2.45, 2.75) is 13.0 Å². The average Bonchev–Trinajstić information content (AvgIpc) is 2.45. The minimum absolute atomic E-state index is 0.0257. The lowest BCUT2D eigenvalue weighted by Crippen LogP contribution is -2.24. The number of benzene rings is 2. The number of ether oxygens (including phenoxy) is 1. The molecule has 0 spiro atoms. The third-order valence-electron chi connectivity index (χ3n) is 2.79. The van der Waals surface area contributed by atoms with Gasteiger partial charge in [0.1, 0.15) is 0 Å². The minimum atomic E-state index is -0.457. The average molecular weight is 259 g/mol. The lowest BCUT2D eigenvalue weighted by atomic mass is 10.1. The Morgan fingerprint density at radius 1 is 1.16 bits per heavy atom. The Morgan fingerprint density at radius 2 is 1.95 bits per heavy atom. The van der Waals surface area contributed by atoms with Crippen molar-refractivity contribution in [2.24, 2.45) is 0 Å². The fraction of sp³-hybridized carbons (Fsp3) is 0.267. The summed E-state index contributed by atoms with van der Waals surface area (Å²) in [7, 11) is 0. The summed E-state index contributed by atoms with van der Waals surface area (Å²) >= 11 is 0. The quantitative estimate of drug-likeness (QED) is 0.811. The van der Waals surface area contributed by atoms with Crippen LogP contribution in [0.5, 0.6) is 0 Å². The van der Waals surface area contributed by atoms with E-state index in [0.29, 0.717) is 13.0 Å². The molecule has 0 aromatic heterocycles. The Bertz CT molecular complexity index is 554. The zero-order valence-corrected chi connectivity index (χ0v) is 10.6. The molecule has 2 aromatic rings. The molecule has 2 aromatic carbocycles. The van der Waals surface area contributed by atoms with E-state index in [1.165, 1.54) is 5.39 Å². The molecule has 1 amide bonds. The molecule has 0 heterocycles. The molecular formula is C15H17NO3. The van der Waals surface area contributed by atoms with Crippen molar-refractivity contribution in [2.75, 3.05) is 13.2 Å². The van der Waals surface area contributed by atoms with Gasteiger partial charge in [-0.1, -0.05) is 36.4 Å². The maximum atomic E-state index is 11.3. The largest absolute Gasteiger partial charge is 0.449 e. The summed E-state index contributed by atoms with van der Waals surface area (Å²) < 4.78 is 4.88. The molecule has 0 atom stereocenters. The summed E-state index contributed by atoms with van der Waals surface area (Å²) in [6.45, 7) is 0.695. The molecule has 2 rings (SSSR count). The molecule has 0 fully saturated rings. The maximum absolute atomic E-state index is 11.3. The van der Waals surface area contributed by atoms with E-state index in [1.807, 2.05) is 36.4 Å². The number of alkyl carbamates (subject to hydrolysis) is 1. The van der Waals surface area contributed by atoms with E-state index in [4.69, 9.17) is 9.84 Å². The number of fused-ring (bicyclic) bond motifs is 1. The van der Waals surface area contributed by atoms with E-state index >= 15 is 0 Å². The highest BCUT2D eigenvalue weighted by atomic mass is 16.5. The summed E-state index contributed by atoms with van der Waals surface area (Å²) in [5.74, 6) is 0. The van der Waals surface area contributed by atoms with Crippen LogP contribution in [-0.4, -0.2) is 24.4 Å². The molecule has 19 heavy (non-hydrogen) atoms. The van der Waals surface area contributed by atoms with Gasteiger partial charge in [0.25, 0.3) is 0 Å². The molecule has 0 radical (unpaired) electrons. The van der Waals surface area contributed by atoms with E-state index in [2.05, 4.69) is 11.4 Å². The molecule has 0 aliphatic carbocycles. The van der Waals surface area contributed by atoms with Crippen LogP contribution in [0.2, 0.25) is 0 Å². The van der Waals surface area contributed by atoms with Crippen LogP contribution in [0.1, 0.15) is 12.0 Å². The Labute approximate surface area is 112 Å². The third kappa shape index (κ3) is 3.96. The van der Waals surface area contributed by atoms with Gasteiger partial charge in [0.05, 0.1) is 6.61 Å². The summed E-state index contributed by atoms with van der Waals surface area (Å²) in [4.78, 5) is 11.3. The van der Waals surface area contributed by atoms with Gasteiger partial charge in [0.15, 0.2) is 0 Å². The van der Waals surface area contributed by atoms with E-state index in [0.717, 1.165) is 10.9 Å². The number of hydrogen-bond acceptors (Lipinski definition) is 3. The lowest BCUT2D eigenvalue weighted by molar-refractivity contribution is 0.135. The van der Waals surface area contributed by atoms with Crippen molar-refractivity contribution in [1.29, 1.82) is 0 Å². The number of amides is 1. The Kier molecular flexibility index (Phi) is 4.75. The van der Waals surface area contributed by atoms with E-state index in [9.17, 15) is 4.79 Å². The van der Waals surface area contributed by atoms with Crippen molar-refractivity contribution in [3.8, 4) is 0 Å². The smallest absolute Gasteiger partial charge is 0.407 e. The first-order valence-electron chi connectivity index (χ1n) is 6.29. The van der Waals surface area contributed by atoms with Gasteiger partial charge in [-0.05, 0) is 22.4 Å². The molecule has 4 nitrogen and oxygen atoms in total. The lowest BCUT2D eigenvalue weighted by Gasteiger charge is -2.07. The Morgan fingerprint density at radius 3 is 2.74 bits per heavy atom. The number of nitrogens with one attached hydrogen (secondary N) is 1. The fourth-order valence-electron chi connectivity index (χ4n) is 1.80. The zero-order valence-electron chi connectivity index (χ0n) is 10.6. The number of hydrogen-bond donors (Lipinski definition) is 2. The number of aliphatic hydroxyl groups is 1. The fourth-order valence-corrected chi connectivity index (χ4v) is 1.80. The SMILES string of the molecule is O=C(NCc1ccc2ccccc2c1)OCCCO. The summed E-state index contributed by atoms with van der Waals surface area (Å²) in [6.07, 6.45) is 0.00486. The number of carbonyl (C=O) groups excluding carboxylic acids is 1. The van der Waals surface area contributed by atoms with Gasteiger partial charge in [-0.25, -0.2) is 4.79 Å². The Hall–Kier alpha value is -2.07. The molecular weight excluding hydrogens is 242 g/mol. The predicted octanol–water partition coefficient (Wildman–Crippen LogP) is 2.45. The van der Waals surface area contributed by atoms with Crippen molar-refractivity contribution in [3.63, 3.8) is 0 Å². The van der Waals surface area contributed by atoms with Crippen LogP contribution in [0.3, 0.4) is 0 Å². The molecule has 0 saturated carbocycles. The van der Waals surface area contributed by atoms with Crippen LogP contribution in [0.25, 0.3) is 10.8 Å². The maximum Gasteiger partial charge on any atom is 0.407 e. The number of rotatable bonds is 5. The van der Waals surface area contributed by atoms with Gasteiger partial charge in [-0.15, -0.1) is 0 Å². The van der Waals surface area contributed by atoms with Gasteiger partial charge >= 0.3 is 6.09 Å². The predicted molar refractivity (Wildman–Crippen MR) is 73.8 cm³/mol. The van der Waals surface area contributed by atoms with Gasteiger partial charge in [-0.2, -0.15) is 0 Å². The van der Waals surface area contributed by atoms with Crippen LogP contribution in [0, 0.1) is 0 Å². The second-order valence-electron chi connectivity index (χ2n) is 4.25. The van der Waals surface area contributed by atoms with Gasteiger partial charge in [0.2, 0.25) is 0 Å². The second kappa shape index (κ2) is 6.75. The zero-order chi connectivity index (χ0) is 13.5. The first kappa shape index (κ1) is 13.4. The van der Waals surface area contributed by atoms with Gasteiger partial charge in [0, 0.05) is 19.6 Å². The minimum Gasteiger partial charge on any atom is -0.449 e. The van der Waals surface area contributed by atoms with Crippen molar-refractivity contribution < 1.29 is 14.6 Å². The number of carbonyl (C=O) groups is 1. The highest BCUT2D eigenvalue weighted by molar-refractivity contribution is 5.83. The number of aliphatic hydroxyl groups excluding tert-OH is 1. The normalized spacial score (nSPS) is 10.4. The molecule has 0 aliphatic heterocycles. The molecule has 0 aliphatic rings. The van der Waals surface area contributed by atoms with Crippen LogP contribution < -0.4 is 5.32 Å². The highest BCUT2D eigenvalue weighted by Gasteiger charge is 2.02. The first-order valence-corrected chi connectivity index (χ1v) is 6.29. The van der Waals surface area contributed by atoms with Crippen LogP contribution >= 0.6 is 0 Å². The third-order valence-corrected chi connectivity index (χ3v) is 2.79. The first-order chi connectivity index (χ1) is 9.29. The summed E-state index contributed by atoms with van der Waals surface area (Å²) in [5, 5.41) is 13.6. The van der Waals surface area contributed by atoms with Crippen molar-refractivity contribution >= 4 is 16.9 Å². The van der Waals surface area contributed by atoms with Crippen LogP contribution in [0.4, 0.5) is 4.79 Å². The standard InChI is InChI=1S/C15H17NO3/c17-8-3-9-19-15(18)16-11-12-6-7-13-4-1-2-5-14(13)10-12/h1-2,4-7,10,17H,3,8-9,11H2,(H,16,18). The molecule has 0 bridgehead atoms. The van der Waals surface area contributed by atoms with Crippen LogP contribution in [0.15, 0.2) is 42.5 Å². The van der Waals surface area contributed by atoms with Crippen molar-refractivity contribution in [1.82, 2.24) is 5.32 Å². The topological polar surface area (TPSA) is 58.6 Å². The van der Waals surface area contributed by atoms with Gasteiger partial charge in [-0.3, -0.25) is 0 Å². The van der Waals surface area contributed by atoms with Crippen LogP contribution in [-0.2, 0) is 11.3 Å². The second-order valence-corrected chi connectivity index (χ2v) is 4.25. The summed E-state index contributed by atoms with van der Waals surface area (Å²) in [5.41, 5.74) is 1.03. The summed E-state index contributed by atoms with van der Waals surface area (Å²) in [6, 6.07) is 14.1. The highest BCUT2D eigenvalue weighted by Crippen LogP contribution is 2.15. The monoisotopic (exact) mass is 259 g/mol. The van der Waals surface area contributed by atoms with E-state index in [-0.39, 0.29) is 13.2 Å². The molecule has 0 saturated heterocycles. The van der Waals surface area contributed by atoms with Crippen molar-refractivity contribution in [3.05, 3.63) is 48.0 Å². The molecule has 0 unspecified atom stereocenters. The molecule has 2 N–H and O–H groups in total. The Balaban J connectivity index is 1.89.